The SMILES string of the molecule is CCN(CC)C(=O)c1ccc(NC(=O)COc2ccc(-c3ccc(C#N)cc3)cc2)cc1. The highest BCUT2D eigenvalue weighted by molar-refractivity contribution is 5.96. The minimum atomic E-state index is -0.288. The number of ether oxygens (including phenoxy) is 1. The fourth-order valence-corrected chi connectivity index (χ4v) is 3.22. The molecule has 0 fully saturated rings. The van der Waals surface area contributed by atoms with E-state index in [1.807, 2.05) is 38.1 Å². The van der Waals surface area contributed by atoms with Crippen molar-refractivity contribution in [3.05, 3.63) is 83.9 Å². The number of nitrogens with zero attached hydrogens (tertiary/aromatic N) is 2. The molecule has 6 heteroatoms. The van der Waals surface area contributed by atoms with Crippen LogP contribution in [0.2, 0.25) is 0 Å². The largest absolute Gasteiger partial charge is 0.484 e. The monoisotopic (exact) mass is 427 g/mol. The van der Waals surface area contributed by atoms with E-state index in [-0.39, 0.29) is 18.4 Å². The van der Waals surface area contributed by atoms with E-state index in [4.69, 9.17) is 10.00 Å². The topological polar surface area (TPSA) is 82.4 Å². The van der Waals surface area contributed by atoms with Gasteiger partial charge in [0.05, 0.1) is 11.6 Å². The molecule has 1 N–H and O–H groups in total. The zero-order chi connectivity index (χ0) is 22.9. The van der Waals surface area contributed by atoms with Crippen LogP contribution in [0.25, 0.3) is 11.1 Å². The van der Waals surface area contributed by atoms with Gasteiger partial charge in [0.15, 0.2) is 6.61 Å². The van der Waals surface area contributed by atoms with Crippen LogP contribution in [0.4, 0.5) is 5.69 Å². The van der Waals surface area contributed by atoms with Crippen LogP contribution in [0, 0.1) is 11.3 Å². The molecular weight excluding hydrogens is 402 g/mol. The fraction of sp³-hybridized carbons (Fsp3) is 0.192. The van der Waals surface area contributed by atoms with Gasteiger partial charge in [0, 0.05) is 24.3 Å². The lowest BCUT2D eigenvalue weighted by Crippen LogP contribution is -2.30. The third kappa shape index (κ3) is 5.73. The number of carbonyl (C=O) groups is 2. The average molecular weight is 428 g/mol. The molecule has 2 amide bonds. The van der Waals surface area contributed by atoms with Gasteiger partial charge in [-0.3, -0.25) is 9.59 Å². The van der Waals surface area contributed by atoms with Gasteiger partial charge in [-0.25, -0.2) is 0 Å². The Morgan fingerprint density at radius 2 is 1.44 bits per heavy atom. The zero-order valence-corrected chi connectivity index (χ0v) is 18.2. The molecule has 3 aromatic carbocycles. The molecule has 0 saturated carbocycles. The molecule has 32 heavy (non-hydrogen) atoms. The molecule has 0 saturated heterocycles. The molecule has 0 aliphatic rings. The second-order valence-electron chi connectivity index (χ2n) is 7.11. The highest BCUT2D eigenvalue weighted by Gasteiger charge is 2.12. The number of amides is 2. The van der Waals surface area contributed by atoms with Crippen LogP contribution < -0.4 is 10.1 Å². The van der Waals surface area contributed by atoms with E-state index >= 15 is 0 Å². The predicted octanol–water partition coefficient (Wildman–Crippen LogP) is 4.72. The van der Waals surface area contributed by atoms with Crippen molar-refractivity contribution in [2.75, 3.05) is 25.0 Å². The lowest BCUT2D eigenvalue weighted by atomic mass is 10.0. The summed E-state index contributed by atoms with van der Waals surface area (Å²) in [6.45, 7) is 5.06. The first-order valence-corrected chi connectivity index (χ1v) is 10.5. The number of rotatable bonds is 8. The summed E-state index contributed by atoms with van der Waals surface area (Å²) < 4.78 is 5.57. The Morgan fingerprint density at radius 1 is 0.875 bits per heavy atom. The first kappa shape index (κ1) is 22.6. The van der Waals surface area contributed by atoms with Crippen molar-refractivity contribution in [2.24, 2.45) is 0 Å². The number of hydrogen-bond acceptors (Lipinski definition) is 4. The van der Waals surface area contributed by atoms with Gasteiger partial charge in [-0.15, -0.1) is 0 Å². The van der Waals surface area contributed by atoms with E-state index in [2.05, 4.69) is 11.4 Å². The highest BCUT2D eigenvalue weighted by atomic mass is 16.5. The van der Waals surface area contributed by atoms with Crippen molar-refractivity contribution in [3.8, 4) is 22.9 Å². The van der Waals surface area contributed by atoms with E-state index < -0.39 is 0 Å². The molecule has 0 atom stereocenters. The summed E-state index contributed by atoms with van der Waals surface area (Å²) in [6.07, 6.45) is 0. The second-order valence-corrected chi connectivity index (χ2v) is 7.11. The number of nitrogens with one attached hydrogen (secondary N) is 1. The summed E-state index contributed by atoms with van der Waals surface area (Å²) in [5.41, 5.74) is 3.79. The van der Waals surface area contributed by atoms with Crippen LogP contribution in [-0.2, 0) is 4.79 Å². The Labute approximate surface area is 188 Å². The third-order valence-corrected chi connectivity index (χ3v) is 5.04. The second kappa shape index (κ2) is 10.8. The molecule has 6 nitrogen and oxygen atoms in total. The first-order valence-electron chi connectivity index (χ1n) is 10.5. The molecule has 0 unspecified atom stereocenters. The van der Waals surface area contributed by atoms with Gasteiger partial charge in [-0.05, 0) is 73.5 Å². The lowest BCUT2D eigenvalue weighted by molar-refractivity contribution is -0.118. The lowest BCUT2D eigenvalue weighted by Gasteiger charge is -2.18. The molecule has 0 spiro atoms. The van der Waals surface area contributed by atoms with E-state index in [1.54, 1.807) is 53.4 Å². The van der Waals surface area contributed by atoms with Gasteiger partial charge in [0.25, 0.3) is 11.8 Å². The minimum Gasteiger partial charge on any atom is -0.484 e. The summed E-state index contributed by atoms with van der Waals surface area (Å²) in [6, 6.07) is 23.7. The molecular formula is C26H25N3O3. The van der Waals surface area contributed by atoms with Gasteiger partial charge < -0.3 is 15.0 Å². The molecule has 162 valence electrons. The van der Waals surface area contributed by atoms with Gasteiger partial charge in [-0.1, -0.05) is 24.3 Å². The summed E-state index contributed by atoms with van der Waals surface area (Å²) in [5, 5.41) is 11.7. The fourth-order valence-electron chi connectivity index (χ4n) is 3.22. The maximum atomic E-state index is 12.3. The summed E-state index contributed by atoms with van der Waals surface area (Å²) >= 11 is 0. The highest BCUT2D eigenvalue weighted by Crippen LogP contribution is 2.23. The van der Waals surface area contributed by atoms with Gasteiger partial charge in [0.1, 0.15) is 5.75 Å². The maximum Gasteiger partial charge on any atom is 0.262 e. The van der Waals surface area contributed by atoms with Crippen LogP contribution in [0.5, 0.6) is 5.75 Å². The first-order chi connectivity index (χ1) is 15.5. The molecule has 3 aromatic rings. The average Bonchev–Trinajstić information content (AvgIpc) is 2.84. The molecule has 0 aliphatic carbocycles. The number of anilines is 1. The Morgan fingerprint density at radius 3 is 1.97 bits per heavy atom. The Kier molecular flexibility index (Phi) is 7.60. The van der Waals surface area contributed by atoms with Crippen molar-refractivity contribution in [3.63, 3.8) is 0 Å². The zero-order valence-electron chi connectivity index (χ0n) is 18.2. The molecule has 0 bridgehead atoms. The van der Waals surface area contributed by atoms with Crippen LogP contribution in [0.1, 0.15) is 29.8 Å². The van der Waals surface area contributed by atoms with Gasteiger partial charge in [-0.2, -0.15) is 5.26 Å². The standard InChI is InChI=1S/C26H25N3O3/c1-3-29(4-2)26(31)22-9-13-23(14-10-22)28-25(30)18-32-24-15-11-21(12-16-24)20-7-5-19(17-27)6-8-20/h5-16H,3-4,18H2,1-2H3,(H,28,30). The normalized spacial score (nSPS) is 10.2. The maximum absolute atomic E-state index is 12.3. The smallest absolute Gasteiger partial charge is 0.262 e. The summed E-state index contributed by atoms with van der Waals surface area (Å²) in [7, 11) is 0. The molecule has 0 aliphatic heterocycles. The molecule has 0 aromatic heterocycles. The molecule has 0 heterocycles. The van der Waals surface area contributed by atoms with E-state index in [0.29, 0.717) is 35.7 Å². The van der Waals surface area contributed by atoms with Crippen LogP contribution in [0.3, 0.4) is 0 Å². The van der Waals surface area contributed by atoms with E-state index in [9.17, 15) is 9.59 Å². The minimum absolute atomic E-state index is 0.0272. The Hall–Kier alpha value is -4.11. The van der Waals surface area contributed by atoms with Gasteiger partial charge in [0.2, 0.25) is 0 Å². The van der Waals surface area contributed by atoms with Gasteiger partial charge >= 0.3 is 0 Å². The van der Waals surface area contributed by atoms with Crippen molar-refractivity contribution in [1.29, 1.82) is 5.26 Å². The Balaban J connectivity index is 1.52. The third-order valence-electron chi connectivity index (χ3n) is 5.04. The summed E-state index contributed by atoms with van der Waals surface area (Å²) in [4.78, 5) is 26.3. The molecule has 3 rings (SSSR count). The predicted molar refractivity (Wildman–Crippen MR) is 124 cm³/mol. The number of benzene rings is 3. The number of nitriles is 1. The van der Waals surface area contributed by atoms with Crippen LogP contribution in [0.15, 0.2) is 72.8 Å². The quantitative estimate of drug-likeness (QED) is 0.564. The number of hydrogen-bond donors (Lipinski definition) is 1. The van der Waals surface area contributed by atoms with Crippen molar-refractivity contribution >= 4 is 17.5 Å². The molecule has 0 radical (unpaired) electrons. The van der Waals surface area contributed by atoms with Crippen LogP contribution in [-0.4, -0.2) is 36.4 Å². The van der Waals surface area contributed by atoms with Crippen molar-refractivity contribution < 1.29 is 14.3 Å². The van der Waals surface area contributed by atoms with E-state index in [1.165, 1.54) is 0 Å². The number of carbonyl (C=O) groups excluding carboxylic acids is 2. The van der Waals surface area contributed by atoms with Crippen molar-refractivity contribution in [2.45, 2.75) is 13.8 Å². The Bertz CT molecular complexity index is 1100. The van der Waals surface area contributed by atoms with Crippen LogP contribution >= 0.6 is 0 Å². The van der Waals surface area contributed by atoms with Crippen molar-refractivity contribution in [1.82, 2.24) is 4.90 Å². The summed E-state index contributed by atoms with van der Waals surface area (Å²) in [5.74, 6) is 0.266. The van der Waals surface area contributed by atoms with E-state index in [0.717, 1.165) is 11.1 Å².